The number of nitriles is 2. The third kappa shape index (κ3) is 2.79. The van der Waals surface area contributed by atoms with Gasteiger partial charge < -0.3 is 8.80 Å². The van der Waals surface area contributed by atoms with Crippen LogP contribution in [-0.2, 0) is 5.41 Å². The summed E-state index contributed by atoms with van der Waals surface area (Å²) in [5, 5.41) is 28.7. The molecule has 1 aliphatic carbocycles. The molecule has 4 heterocycles. The molecule has 1 aliphatic rings. The maximum Gasteiger partial charge on any atom is 0.189 e. The highest BCUT2D eigenvalue weighted by Gasteiger charge is 2.42. The van der Waals surface area contributed by atoms with Crippen molar-refractivity contribution in [1.82, 2.24) is 8.80 Å². The van der Waals surface area contributed by atoms with Crippen LogP contribution < -0.4 is 0 Å². The topological polar surface area (TPSA) is 65.1 Å². The van der Waals surface area contributed by atoms with Crippen molar-refractivity contribution in [3.05, 3.63) is 130 Å². The van der Waals surface area contributed by atoms with Crippen LogP contribution in [-0.4, -0.2) is 8.80 Å². The van der Waals surface area contributed by atoms with E-state index >= 15 is 0 Å². The molecule has 10 aromatic rings. The van der Waals surface area contributed by atoms with Crippen molar-refractivity contribution in [2.45, 2.75) is 19.3 Å². The van der Waals surface area contributed by atoms with Gasteiger partial charge in [-0.2, -0.15) is 10.5 Å². The Morgan fingerprint density at radius 1 is 0.571 bits per heavy atom. The van der Waals surface area contributed by atoms with Gasteiger partial charge in [0.05, 0.1) is 58.5 Å². The van der Waals surface area contributed by atoms with Gasteiger partial charge in [-0.3, -0.25) is 0 Å². The molecule has 0 spiro atoms. The summed E-state index contributed by atoms with van der Waals surface area (Å²) in [7, 11) is 0. The number of nitrogens with zero attached hydrogens (tertiary/aromatic N) is 6. The zero-order chi connectivity index (χ0) is 33.1. The lowest BCUT2D eigenvalue weighted by molar-refractivity contribution is 0.668. The predicted octanol–water partition coefficient (Wildman–Crippen LogP) is 11.1. The molecule has 6 nitrogen and oxygen atoms in total. The second-order valence-corrected chi connectivity index (χ2v) is 13.8. The summed E-state index contributed by atoms with van der Waals surface area (Å²) in [5.74, 6) is 0. The van der Waals surface area contributed by atoms with Crippen LogP contribution in [0.2, 0.25) is 0 Å². The standard InChI is InChI=1S/C43H20N6/c1-43(2)32-18-30-25-9-5-21(19-44)13-33(25)48-34-14-22(20-45)6-10-27(34)38(41(30)48)37(32)31-17-29-26-11-7-23(46-3)15-35(26)49-36-16-24(47-4)8-12-28(36)39(40(31)43)42(29)49/h5-18H,1-2H3. The van der Waals surface area contributed by atoms with E-state index in [9.17, 15) is 10.5 Å². The molecule has 49 heavy (non-hydrogen) atoms. The number of hydrogen-bond acceptors (Lipinski definition) is 2. The van der Waals surface area contributed by atoms with Gasteiger partial charge >= 0.3 is 0 Å². The molecule has 0 atom stereocenters. The van der Waals surface area contributed by atoms with Crippen molar-refractivity contribution in [3.8, 4) is 23.3 Å². The van der Waals surface area contributed by atoms with E-state index in [0.29, 0.717) is 22.5 Å². The van der Waals surface area contributed by atoms with E-state index in [-0.39, 0.29) is 0 Å². The van der Waals surface area contributed by atoms with Crippen molar-refractivity contribution in [3.63, 3.8) is 0 Å². The van der Waals surface area contributed by atoms with Gasteiger partial charge in [0.1, 0.15) is 0 Å². The van der Waals surface area contributed by atoms with Crippen LogP contribution in [0.3, 0.4) is 0 Å². The van der Waals surface area contributed by atoms with E-state index < -0.39 is 5.41 Å². The molecule has 6 aromatic carbocycles. The van der Waals surface area contributed by atoms with Gasteiger partial charge in [-0.05, 0) is 70.8 Å². The fourth-order valence-electron chi connectivity index (χ4n) is 9.24. The quantitative estimate of drug-likeness (QED) is 0.158. The van der Waals surface area contributed by atoms with E-state index in [1.165, 1.54) is 27.6 Å². The van der Waals surface area contributed by atoms with Crippen molar-refractivity contribution in [2.75, 3.05) is 0 Å². The second kappa shape index (κ2) is 8.23. The van der Waals surface area contributed by atoms with Gasteiger partial charge in [0, 0.05) is 59.5 Å². The highest BCUT2D eigenvalue weighted by Crippen LogP contribution is 2.59. The summed E-state index contributed by atoms with van der Waals surface area (Å²) in [6.45, 7) is 20.2. The average Bonchev–Trinajstić information content (AvgIpc) is 3.89. The molecule has 222 valence electrons. The average molecular weight is 621 g/mol. The van der Waals surface area contributed by atoms with Crippen molar-refractivity contribution < 1.29 is 0 Å². The Hall–Kier alpha value is -7.12. The predicted molar refractivity (Wildman–Crippen MR) is 195 cm³/mol. The minimum absolute atomic E-state index is 0.391. The fraction of sp³-hybridized carbons (Fsp3) is 0.0698. The van der Waals surface area contributed by atoms with Crippen LogP contribution in [0.4, 0.5) is 11.4 Å². The van der Waals surface area contributed by atoms with Crippen molar-refractivity contribution >= 4 is 87.6 Å². The molecule has 0 amide bonds. The first-order valence-electron chi connectivity index (χ1n) is 16.0. The van der Waals surface area contributed by atoms with E-state index in [1.54, 1.807) is 0 Å². The Morgan fingerprint density at radius 3 is 1.69 bits per heavy atom. The molecule has 0 radical (unpaired) electrons. The largest absolute Gasteiger partial charge is 0.311 e. The first-order chi connectivity index (χ1) is 23.9. The molecule has 4 aromatic heterocycles. The zero-order valence-electron chi connectivity index (χ0n) is 26.3. The maximum absolute atomic E-state index is 9.92. The van der Waals surface area contributed by atoms with Crippen LogP contribution in [0.15, 0.2) is 84.9 Å². The van der Waals surface area contributed by atoms with Crippen molar-refractivity contribution in [2.24, 2.45) is 0 Å². The minimum atomic E-state index is -0.391. The molecule has 6 heteroatoms. The summed E-state index contributed by atoms with van der Waals surface area (Å²) in [6, 6.07) is 33.1. The van der Waals surface area contributed by atoms with Crippen LogP contribution in [0.25, 0.3) is 97.0 Å². The van der Waals surface area contributed by atoms with Crippen LogP contribution in [0.5, 0.6) is 0 Å². The van der Waals surface area contributed by atoms with Crippen LogP contribution in [0.1, 0.15) is 36.1 Å². The third-order valence-electron chi connectivity index (χ3n) is 11.2. The van der Waals surface area contributed by atoms with Crippen LogP contribution >= 0.6 is 0 Å². The zero-order valence-corrected chi connectivity index (χ0v) is 26.3. The molecule has 0 saturated carbocycles. The lowest BCUT2D eigenvalue weighted by Gasteiger charge is -2.23. The number of hydrogen-bond donors (Lipinski definition) is 0. The van der Waals surface area contributed by atoms with E-state index in [1.807, 2.05) is 48.5 Å². The van der Waals surface area contributed by atoms with Gasteiger partial charge in [-0.15, -0.1) is 0 Å². The Morgan fingerprint density at radius 2 is 1.06 bits per heavy atom. The molecular formula is C43H20N6. The molecule has 0 aliphatic heterocycles. The van der Waals surface area contributed by atoms with E-state index in [4.69, 9.17) is 13.1 Å². The monoisotopic (exact) mass is 620 g/mol. The highest BCUT2D eigenvalue weighted by atomic mass is 14.9. The molecular weight excluding hydrogens is 601 g/mol. The van der Waals surface area contributed by atoms with E-state index in [2.05, 4.69) is 80.9 Å². The summed E-state index contributed by atoms with van der Waals surface area (Å²) in [5.41, 5.74) is 12.9. The van der Waals surface area contributed by atoms with Crippen molar-refractivity contribution in [1.29, 1.82) is 10.5 Å². The summed E-state index contributed by atoms with van der Waals surface area (Å²) in [6.07, 6.45) is 0. The highest BCUT2D eigenvalue weighted by molar-refractivity contribution is 6.32. The van der Waals surface area contributed by atoms with Gasteiger partial charge in [0.15, 0.2) is 11.4 Å². The van der Waals surface area contributed by atoms with E-state index in [0.717, 1.165) is 70.8 Å². The number of aromatic nitrogens is 2. The summed E-state index contributed by atoms with van der Waals surface area (Å²) in [4.78, 5) is 7.53. The molecule has 0 unspecified atom stereocenters. The summed E-state index contributed by atoms with van der Waals surface area (Å²) < 4.78 is 4.51. The summed E-state index contributed by atoms with van der Waals surface area (Å²) >= 11 is 0. The molecule has 0 N–H and O–H groups in total. The first-order valence-corrected chi connectivity index (χ1v) is 16.0. The Bertz CT molecular complexity index is 3400. The number of rotatable bonds is 0. The lowest BCUT2D eigenvalue weighted by Crippen LogP contribution is -2.15. The molecule has 0 bridgehead atoms. The Kier molecular flexibility index (Phi) is 4.37. The Labute approximate surface area is 278 Å². The first kappa shape index (κ1) is 26.0. The number of fused-ring (bicyclic) bond motifs is 17. The van der Waals surface area contributed by atoms with Crippen LogP contribution in [0, 0.1) is 35.8 Å². The number of benzene rings is 6. The normalized spacial score (nSPS) is 13.6. The SMILES string of the molecule is [C-]#[N+]c1ccc2c3cc4c(c5c6ccc([N+]#[C-])cc6n(c2c1)c35)C(C)(C)c1cc2c3ccc(C#N)cc3n3c5cc(C#N)ccc5c(c1-4)c23. The van der Waals surface area contributed by atoms with Gasteiger partial charge in [-0.25, -0.2) is 9.69 Å². The van der Waals surface area contributed by atoms with Gasteiger partial charge in [0.25, 0.3) is 0 Å². The smallest absolute Gasteiger partial charge is 0.189 e. The second-order valence-electron chi connectivity index (χ2n) is 13.8. The maximum atomic E-state index is 9.92. The van der Waals surface area contributed by atoms with Gasteiger partial charge in [0.2, 0.25) is 0 Å². The molecule has 0 fully saturated rings. The third-order valence-corrected chi connectivity index (χ3v) is 11.2. The molecule has 0 saturated heterocycles. The molecule has 11 rings (SSSR count). The Balaban J connectivity index is 1.41. The van der Waals surface area contributed by atoms with Gasteiger partial charge in [-0.1, -0.05) is 50.2 Å². The minimum Gasteiger partial charge on any atom is -0.311 e. The fourth-order valence-corrected chi connectivity index (χ4v) is 9.24. The lowest BCUT2D eigenvalue weighted by atomic mass is 9.79.